The Balaban J connectivity index is 1.63. The number of amides is 1. The van der Waals surface area contributed by atoms with Crippen LogP contribution in [0.4, 0.5) is 26.3 Å². The molecular weight excluding hydrogens is 538 g/mol. The quantitative estimate of drug-likeness (QED) is 0.189. The number of nitrogens with zero attached hydrogens (tertiary/aromatic N) is 1. The van der Waals surface area contributed by atoms with Crippen LogP contribution in [0.2, 0.25) is 0 Å². The van der Waals surface area contributed by atoms with Crippen LogP contribution in [0.15, 0.2) is 78.9 Å². The van der Waals surface area contributed by atoms with E-state index in [4.69, 9.17) is 4.74 Å². The number of carbonyl (C=O) groups is 2. The molecule has 208 valence electrons. The molecule has 1 atom stereocenters. The van der Waals surface area contributed by atoms with Crippen LogP contribution in [-0.4, -0.2) is 23.5 Å². The molecule has 0 saturated heterocycles. The molecule has 5 nitrogen and oxygen atoms in total. The molecule has 40 heavy (non-hydrogen) atoms. The van der Waals surface area contributed by atoms with Gasteiger partial charge in [0.15, 0.2) is 0 Å². The highest BCUT2D eigenvalue weighted by Gasteiger charge is 2.37. The second-order valence-corrected chi connectivity index (χ2v) is 8.84. The van der Waals surface area contributed by atoms with Crippen molar-refractivity contribution in [2.24, 2.45) is 0 Å². The number of hydrogen-bond acceptors (Lipinski definition) is 4. The van der Waals surface area contributed by atoms with E-state index >= 15 is 0 Å². The van der Waals surface area contributed by atoms with Gasteiger partial charge in [-0.05, 0) is 55.0 Å². The van der Waals surface area contributed by atoms with Crippen molar-refractivity contribution in [1.82, 2.24) is 10.3 Å². The Hall–Kier alpha value is -4.41. The average molecular weight is 560 g/mol. The minimum atomic E-state index is -4.99. The van der Waals surface area contributed by atoms with E-state index in [1.54, 1.807) is 37.3 Å². The van der Waals surface area contributed by atoms with Crippen molar-refractivity contribution in [3.8, 4) is 11.3 Å². The lowest BCUT2D eigenvalue weighted by Gasteiger charge is -2.19. The molecule has 1 aromatic heterocycles. The minimum Gasteiger partial charge on any atom is -0.466 e. The Bertz CT molecular complexity index is 1500. The number of carbonyl (C=O) groups excluding carboxylic acids is 2. The van der Waals surface area contributed by atoms with Crippen molar-refractivity contribution in [2.75, 3.05) is 6.61 Å². The van der Waals surface area contributed by atoms with Crippen LogP contribution in [0.5, 0.6) is 0 Å². The molecule has 0 aliphatic heterocycles. The summed E-state index contributed by atoms with van der Waals surface area (Å²) in [5.74, 6) is -0.994. The van der Waals surface area contributed by atoms with E-state index in [0.29, 0.717) is 23.1 Å². The van der Waals surface area contributed by atoms with Crippen molar-refractivity contribution in [3.63, 3.8) is 0 Å². The van der Waals surface area contributed by atoms with Crippen LogP contribution in [0.25, 0.3) is 22.2 Å². The second kappa shape index (κ2) is 11.4. The summed E-state index contributed by atoms with van der Waals surface area (Å²) in [6, 6.07) is 16.5. The van der Waals surface area contributed by atoms with Gasteiger partial charge in [-0.25, -0.2) is 4.98 Å². The molecule has 11 heteroatoms. The summed E-state index contributed by atoms with van der Waals surface area (Å²) in [5, 5.41) is 3.24. The maximum absolute atomic E-state index is 13.3. The lowest BCUT2D eigenvalue weighted by Crippen LogP contribution is -2.30. The Morgan fingerprint density at radius 1 is 0.850 bits per heavy atom. The SMILES string of the molecule is CCOC(=O)CC(NC(=O)c1ccc2nc(-c3cc(C(F)(F)F)cc(C(F)(F)F)c3)ccc2c1)c1ccccc1. The fourth-order valence-electron chi connectivity index (χ4n) is 4.10. The van der Waals surface area contributed by atoms with Gasteiger partial charge in [-0.2, -0.15) is 26.3 Å². The Labute approximate surface area is 224 Å². The van der Waals surface area contributed by atoms with Gasteiger partial charge >= 0.3 is 18.3 Å². The number of esters is 1. The molecule has 3 aromatic carbocycles. The number of aromatic nitrogens is 1. The molecule has 1 amide bonds. The first-order chi connectivity index (χ1) is 18.8. The fraction of sp³-hybridized carbons (Fsp3) is 0.207. The lowest BCUT2D eigenvalue weighted by molar-refractivity contribution is -0.144. The van der Waals surface area contributed by atoms with Crippen LogP contribution in [-0.2, 0) is 21.9 Å². The molecular formula is C29H22F6N2O3. The molecule has 0 fully saturated rings. The summed E-state index contributed by atoms with van der Waals surface area (Å²) in [6.07, 6.45) is -10.1. The predicted molar refractivity (Wildman–Crippen MR) is 135 cm³/mol. The van der Waals surface area contributed by atoms with E-state index in [1.165, 1.54) is 30.3 Å². The van der Waals surface area contributed by atoms with Gasteiger partial charge in [-0.15, -0.1) is 0 Å². The third-order valence-electron chi connectivity index (χ3n) is 6.02. The number of fused-ring (bicyclic) bond motifs is 1. The summed E-state index contributed by atoms with van der Waals surface area (Å²) in [6.45, 7) is 1.86. The molecule has 0 aliphatic rings. The molecule has 1 heterocycles. The number of benzene rings is 3. The van der Waals surface area contributed by atoms with E-state index in [2.05, 4.69) is 10.3 Å². The Morgan fingerprint density at radius 3 is 2.10 bits per heavy atom. The molecule has 0 spiro atoms. The van der Waals surface area contributed by atoms with Crippen LogP contribution >= 0.6 is 0 Å². The minimum absolute atomic E-state index is 0.0556. The van der Waals surface area contributed by atoms with Gasteiger partial charge in [0.2, 0.25) is 0 Å². The molecule has 0 bridgehead atoms. The summed E-state index contributed by atoms with van der Waals surface area (Å²) in [7, 11) is 0. The average Bonchev–Trinajstić information content (AvgIpc) is 2.91. The van der Waals surface area contributed by atoms with Gasteiger partial charge in [0.05, 0.1) is 41.4 Å². The number of ether oxygens (including phenoxy) is 1. The van der Waals surface area contributed by atoms with Crippen LogP contribution < -0.4 is 5.32 Å². The topological polar surface area (TPSA) is 68.3 Å². The van der Waals surface area contributed by atoms with Crippen molar-refractivity contribution in [3.05, 3.63) is 101 Å². The maximum atomic E-state index is 13.3. The summed E-state index contributed by atoms with van der Waals surface area (Å²) in [5.41, 5.74) is -2.17. The molecule has 1 N–H and O–H groups in total. The number of hydrogen-bond donors (Lipinski definition) is 1. The number of pyridine rings is 1. The highest BCUT2D eigenvalue weighted by molar-refractivity contribution is 5.98. The highest BCUT2D eigenvalue weighted by atomic mass is 19.4. The zero-order valence-electron chi connectivity index (χ0n) is 20.9. The first kappa shape index (κ1) is 28.6. The Kier molecular flexibility index (Phi) is 8.13. The van der Waals surface area contributed by atoms with Gasteiger partial charge in [0.1, 0.15) is 0 Å². The fourth-order valence-corrected chi connectivity index (χ4v) is 4.10. The van der Waals surface area contributed by atoms with E-state index in [1.807, 2.05) is 0 Å². The Morgan fingerprint density at radius 2 is 1.50 bits per heavy atom. The third kappa shape index (κ3) is 6.77. The monoisotopic (exact) mass is 560 g/mol. The van der Waals surface area contributed by atoms with Gasteiger partial charge in [0.25, 0.3) is 5.91 Å². The molecule has 1 unspecified atom stereocenters. The number of rotatable bonds is 7. The van der Waals surface area contributed by atoms with E-state index < -0.39 is 41.4 Å². The van der Waals surface area contributed by atoms with Crippen molar-refractivity contribution in [1.29, 1.82) is 0 Å². The summed E-state index contributed by atoms with van der Waals surface area (Å²) in [4.78, 5) is 29.4. The molecule has 4 aromatic rings. The molecule has 0 radical (unpaired) electrons. The van der Waals surface area contributed by atoms with Crippen LogP contribution in [0.3, 0.4) is 0 Å². The molecule has 0 saturated carbocycles. The normalized spacial score (nSPS) is 12.7. The zero-order valence-corrected chi connectivity index (χ0v) is 20.9. The zero-order chi connectivity index (χ0) is 29.1. The smallest absolute Gasteiger partial charge is 0.416 e. The highest BCUT2D eigenvalue weighted by Crippen LogP contribution is 2.38. The number of halogens is 6. The summed E-state index contributed by atoms with van der Waals surface area (Å²) >= 11 is 0. The van der Waals surface area contributed by atoms with Crippen molar-refractivity contribution >= 4 is 22.8 Å². The van der Waals surface area contributed by atoms with E-state index in [-0.39, 0.29) is 41.4 Å². The number of nitrogens with one attached hydrogen (secondary N) is 1. The van der Waals surface area contributed by atoms with Crippen molar-refractivity contribution < 1.29 is 40.7 Å². The standard InChI is InChI=1S/C29H22F6N2O3/c1-2-40-26(38)16-25(17-6-4-3-5-7-17)37-27(39)19-9-11-23-18(12-19)8-10-24(36-23)20-13-21(28(30,31)32)15-22(14-20)29(33,34)35/h3-15,25H,2,16H2,1H3,(H,37,39). The van der Waals surface area contributed by atoms with E-state index in [0.717, 1.165) is 0 Å². The molecule has 4 rings (SSSR count). The van der Waals surface area contributed by atoms with E-state index in [9.17, 15) is 35.9 Å². The third-order valence-corrected chi connectivity index (χ3v) is 6.02. The van der Waals surface area contributed by atoms with Gasteiger partial charge in [-0.3, -0.25) is 9.59 Å². The van der Waals surface area contributed by atoms with Crippen LogP contribution in [0, 0.1) is 0 Å². The first-order valence-electron chi connectivity index (χ1n) is 12.1. The lowest BCUT2D eigenvalue weighted by atomic mass is 10.0. The predicted octanol–water partition coefficient (Wildman–Crippen LogP) is 7.36. The maximum Gasteiger partial charge on any atom is 0.416 e. The van der Waals surface area contributed by atoms with Gasteiger partial charge in [0, 0.05) is 16.5 Å². The summed E-state index contributed by atoms with van der Waals surface area (Å²) < 4.78 is 84.7. The van der Waals surface area contributed by atoms with Gasteiger partial charge < -0.3 is 10.1 Å². The second-order valence-electron chi connectivity index (χ2n) is 8.84. The number of alkyl halides is 6. The van der Waals surface area contributed by atoms with Gasteiger partial charge in [-0.1, -0.05) is 36.4 Å². The van der Waals surface area contributed by atoms with Crippen molar-refractivity contribution in [2.45, 2.75) is 31.7 Å². The van der Waals surface area contributed by atoms with Crippen LogP contribution in [0.1, 0.15) is 46.4 Å². The molecule has 0 aliphatic carbocycles. The first-order valence-corrected chi connectivity index (χ1v) is 12.1. The largest absolute Gasteiger partial charge is 0.466 e.